The second-order valence-corrected chi connectivity index (χ2v) is 16.0. The van der Waals surface area contributed by atoms with Gasteiger partial charge in [-0.3, -0.25) is 23.7 Å². The van der Waals surface area contributed by atoms with Crippen molar-refractivity contribution in [1.82, 2.24) is 25.7 Å². The molecule has 0 fully saturated rings. The molecule has 3 amide bonds. The number of amides is 3. The number of carbonyl (C=O) groups excluding carboxylic acids is 4. The number of methoxy groups -OCH3 is 1. The fourth-order valence-corrected chi connectivity index (χ4v) is 7.96. The highest BCUT2D eigenvalue weighted by atomic mass is 32.2. The molecule has 0 saturated heterocycles. The number of benzene rings is 1. The molecule has 0 unspecified atom stereocenters. The van der Waals surface area contributed by atoms with Crippen LogP contribution in [0.1, 0.15) is 60.9 Å². The lowest BCUT2D eigenvalue weighted by Gasteiger charge is -2.20. The number of ether oxygens (including phenoxy) is 2. The number of hydrogen-bond acceptors (Lipinski definition) is 13. The highest BCUT2D eigenvalue weighted by molar-refractivity contribution is 7.89. The monoisotopic (exact) mass is 797 g/mol. The van der Waals surface area contributed by atoms with Crippen molar-refractivity contribution >= 4 is 49.7 Å². The van der Waals surface area contributed by atoms with Crippen molar-refractivity contribution < 1.29 is 50.0 Å². The molecule has 0 aliphatic carbocycles. The quantitative estimate of drug-likeness (QED) is 0.0470. The Kier molecular flexibility index (Phi) is 17.1. The Labute approximate surface area is 315 Å². The zero-order valence-corrected chi connectivity index (χ0v) is 32.4. The van der Waals surface area contributed by atoms with Gasteiger partial charge in [0.05, 0.1) is 24.4 Å². The Morgan fingerprint density at radius 1 is 0.963 bits per heavy atom. The Hall–Kier alpha value is -4.37. The van der Waals surface area contributed by atoms with E-state index in [4.69, 9.17) is 19.8 Å². The number of unbranched alkanes of at least 4 members (excludes halogenated alkanes) is 1. The third-order valence-corrected chi connectivity index (χ3v) is 10.9. The SMILES string of the molecule is COC(=O)[C@H](CNC(=O)CCCCc1ccc2c(n1)NCCC2)NS(=O)(=O)c1c(C)cc(OCCCC(=O)NCCNC(=O)[C@@H](N)CS(=O)(=O)O)cc1C. The zero-order valence-electron chi connectivity index (χ0n) is 30.7. The van der Waals surface area contributed by atoms with Gasteiger partial charge in [0.2, 0.25) is 27.7 Å². The third kappa shape index (κ3) is 14.8. The van der Waals surface area contributed by atoms with E-state index in [1.54, 1.807) is 13.8 Å². The average Bonchev–Trinajstić information content (AvgIpc) is 3.10. The summed E-state index contributed by atoms with van der Waals surface area (Å²) in [5, 5.41) is 10.9. The van der Waals surface area contributed by atoms with Crippen LogP contribution in [-0.2, 0) is 56.9 Å². The van der Waals surface area contributed by atoms with Crippen molar-refractivity contribution in [3.63, 3.8) is 0 Å². The summed E-state index contributed by atoms with van der Waals surface area (Å²) in [7, 11) is -7.54. The summed E-state index contributed by atoms with van der Waals surface area (Å²) in [6, 6.07) is 4.30. The van der Waals surface area contributed by atoms with Crippen molar-refractivity contribution in [2.45, 2.75) is 82.2 Å². The molecule has 1 aliphatic heterocycles. The molecule has 300 valence electrons. The molecule has 2 heterocycles. The zero-order chi connectivity index (χ0) is 39.9. The van der Waals surface area contributed by atoms with Crippen LogP contribution >= 0.6 is 0 Å². The van der Waals surface area contributed by atoms with Crippen LogP contribution in [0.25, 0.3) is 0 Å². The van der Waals surface area contributed by atoms with E-state index in [-0.39, 0.29) is 55.8 Å². The number of carbonyl (C=O) groups is 4. The Balaban J connectivity index is 1.42. The smallest absolute Gasteiger partial charge is 0.325 e. The van der Waals surface area contributed by atoms with Crippen molar-refractivity contribution in [2.24, 2.45) is 5.73 Å². The normalized spacial score (nSPS) is 13.8. The van der Waals surface area contributed by atoms with E-state index < -0.39 is 49.9 Å². The van der Waals surface area contributed by atoms with E-state index in [1.807, 2.05) is 6.07 Å². The second-order valence-electron chi connectivity index (χ2n) is 12.9. The average molecular weight is 798 g/mol. The molecule has 0 spiro atoms. The van der Waals surface area contributed by atoms with Gasteiger partial charge in [0.1, 0.15) is 23.7 Å². The molecule has 1 aliphatic rings. The fourth-order valence-electron chi connectivity index (χ4n) is 5.72. The van der Waals surface area contributed by atoms with Gasteiger partial charge in [-0.1, -0.05) is 6.07 Å². The van der Waals surface area contributed by atoms with Gasteiger partial charge in [-0.05, 0) is 87.3 Å². The van der Waals surface area contributed by atoms with E-state index in [0.29, 0.717) is 36.1 Å². The molecule has 3 rings (SSSR count). The van der Waals surface area contributed by atoms with Crippen LogP contribution in [-0.4, -0.2) is 108 Å². The number of nitrogens with one attached hydrogen (secondary N) is 5. The molecular formula is C34H51N7O11S2. The maximum Gasteiger partial charge on any atom is 0.325 e. The number of anilines is 1. The first-order valence-corrected chi connectivity index (χ1v) is 20.7. The van der Waals surface area contributed by atoms with E-state index in [1.165, 1.54) is 17.7 Å². The highest BCUT2D eigenvalue weighted by Gasteiger charge is 2.29. The van der Waals surface area contributed by atoms with Gasteiger partial charge in [0.15, 0.2) is 0 Å². The van der Waals surface area contributed by atoms with Crippen molar-refractivity contribution in [3.05, 3.63) is 46.6 Å². The minimum atomic E-state index is -4.41. The van der Waals surface area contributed by atoms with Crippen LogP contribution in [0.4, 0.5) is 5.82 Å². The summed E-state index contributed by atoms with van der Waals surface area (Å²) in [5.41, 5.74) is 8.23. The minimum absolute atomic E-state index is 0.00863. The number of sulfonamides is 1. The number of nitrogens with zero attached hydrogens (tertiary/aromatic N) is 1. The van der Waals surface area contributed by atoms with Gasteiger partial charge < -0.3 is 36.5 Å². The molecule has 54 heavy (non-hydrogen) atoms. The molecule has 0 bridgehead atoms. The number of esters is 1. The first-order valence-electron chi connectivity index (χ1n) is 17.6. The standard InChI is InChI=1S/C34H51N7O11S2/c1-22-18-26(52-17-7-11-29(42)36-15-16-38-33(44)27(35)21-53(46,47)48)19-23(2)31(22)54(49,50)41-28(34(45)51-3)20-39-30(43)10-5-4-9-25-13-12-24-8-6-14-37-32(24)40-25/h12-13,18-19,27-28,41H,4-11,14-17,20-21,35H2,1-3H3,(H,36,42)(H,37,40)(H,38,44)(H,39,43)(H,46,47,48)/t27-,28-/m0/s1. The predicted octanol–water partition coefficient (Wildman–Crippen LogP) is 0.0121. The first kappa shape index (κ1) is 44.0. The topological polar surface area (TPSA) is 274 Å². The molecule has 1 aromatic carbocycles. The summed E-state index contributed by atoms with van der Waals surface area (Å²) < 4.78 is 70.3. The lowest BCUT2D eigenvalue weighted by Crippen LogP contribution is -2.49. The fraction of sp³-hybridized carbons (Fsp3) is 0.559. The van der Waals surface area contributed by atoms with Gasteiger partial charge in [-0.2, -0.15) is 13.1 Å². The number of rotatable bonds is 22. The largest absolute Gasteiger partial charge is 0.494 e. The van der Waals surface area contributed by atoms with Crippen LogP contribution < -0.4 is 36.5 Å². The third-order valence-electron chi connectivity index (χ3n) is 8.32. The number of hydrogen-bond donors (Lipinski definition) is 7. The Morgan fingerprint density at radius 2 is 1.63 bits per heavy atom. The number of fused-ring (bicyclic) bond motifs is 1. The summed E-state index contributed by atoms with van der Waals surface area (Å²) in [6.07, 6.45) is 4.69. The predicted molar refractivity (Wildman–Crippen MR) is 199 cm³/mol. The van der Waals surface area contributed by atoms with Crippen LogP contribution in [0.15, 0.2) is 29.2 Å². The van der Waals surface area contributed by atoms with E-state index in [0.717, 1.165) is 44.4 Å². The Morgan fingerprint density at radius 3 is 2.31 bits per heavy atom. The molecule has 1 aromatic heterocycles. The van der Waals surface area contributed by atoms with Crippen LogP contribution in [0.5, 0.6) is 5.75 Å². The second kappa shape index (κ2) is 20.9. The van der Waals surface area contributed by atoms with Gasteiger partial charge >= 0.3 is 5.97 Å². The van der Waals surface area contributed by atoms with Gasteiger partial charge in [0, 0.05) is 44.7 Å². The lowest BCUT2D eigenvalue weighted by molar-refractivity contribution is -0.142. The summed E-state index contributed by atoms with van der Waals surface area (Å²) in [4.78, 5) is 53.6. The number of aromatic nitrogens is 1. The van der Waals surface area contributed by atoms with E-state index in [2.05, 4.69) is 37.0 Å². The molecule has 2 aromatic rings. The lowest BCUT2D eigenvalue weighted by atomic mass is 10.1. The molecule has 0 saturated carbocycles. The van der Waals surface area contributed by atoms with Crippen molar-refractivity contribution in [1.29, 1.82) is 0 Å². The van der Waals surface area contributed by atoms with Crippen molar-refractivity contribution in [3.8, 4) is 5.75 Å². The molecule has 0 radical (unpaired) electrons. The number of aryl methyl sites for hydroxylation is 4. The maximum atomic E-state index is 13.5. The van der Waals surface area contributed by atoms with Crippen molar-refractivity contribution in [2.75, 3.05) is 51.0 Å². The molecule has 18 nitrogen and oxygen atoms in total. The molecular weight excluding hydrogens is 747 g/mol. The first-order chi connectivity index (χ1) is 25.5. The Bertz CT molecular complexity index is 1830. The van der Waals surface area contributed by atoms with E-state index >= 15 is 0 Å². The molecule has 8 N–H and O–H groups in total. The summed E-state index contributed by atoms with van der Waals surface area (Å²) in [6.45, 7) is 3.91. The number of nitrogens with two attached hydrogens (primary N) is 1. The minimum Gasteiger partial charge on any atom is -0.494 e. The summed E-state index contributed by atoms with van der Waals surface area (Å²) in [5.74, 6) is -1.96. The van der Waals surface area contributed by atoms with Crippen LogP contribution in [0.3, 0.4) is 0 Å². The summed E-state index contributed by atoms with van der Waals surface area (Å²) >= 11 is 0. The molecule has 20 heteroatoms. The van der Waals surface area contributed by atoms with Gasteiger partial charge in [-0.15, -0.1) is 0 Å². The van der Waals surface area contributed by atoms with E-state index in [9.17, 15) is 36.0 Å². The van der Waals surface area contributed by atoms with Gasteiger partial charge in [-0.25, -0.2) is 13.4 Å². The molecule has 2 atom stereocenters. The van der Waals surface area contributed by atoms with Crippen LogP contribution in [0.2, 0.25) is 0 Å². The highest BCUT2D eigenvalue weighted by Crippen LogP contribution is 2.26. The van der Waals surface area contributed by atoms with Gasteiger partial charge in [0.25, 0.3) is 10.1 Å². The van der Waals surface area contributed by atoms with Crippen LogP contribution in [0, 0.1) is 13.8 Å². The maximum absolute atomic E-state index is 13.5. The number of pyridine rings is 1.